The van der Waals surface area contributed by atoms with Gasteiger partial charge in [0.25, 0.3) is 0 Å². The highest BCUT2D eigenvalue weighted by molar-refractivity contribution is 5.86. The molecular weight excluding hydrogens is 396 g/mol. The Labute approximate surface area is 189 Å². The summed E-state index contributed by atoms with van der Waals surface area (Å²) in [6.45, 7) is 19.6. The second-order valence-electron chi connectivity index (χ2n) is 6.78. The van der Waals surface area contributed by atoms with E-state index in [2.05, 4.69) is 38.3 Å². The maximum atomic E-state index is 10.8. The molecule has 0 rings (SSSR count). The summed E-state index contributed by atoms with van der Waals surface area (Å²) in [6.07, 6.45) is 12.1. The van der Waals surface area contributed by atoms with E-state index in [4.69, 9.17) is 9.47 Å². The average molecular weight is 441 g/mol. The Balaban J connectivity index is -0.000000382. The molecule has 0 amide bonds. The molecule has 0 aliphatic rings. The Hall–Kier alpha value is -2.37. The van der Waals surface area contributed by atoms with Gasteiger partial charge in [-0.05, 0) is 26.2 Å². The number of carbonyl (C=O) groups is 3. The van der Waals surface area contributed by atoms with Gasteiger partial charge >= 0.3 is 17.9 Å². The molecule has 0 bridgehead atoms. The lowest BCUT2D eigenvalue weighted by Crippen LogP contribution is -2.05. The zero-order valence-electron chi connectivity index (χ0n) is 20.2. The Morgan fingerprint density at radius 3 is 1.45 bits per heavy atom. The van der Waals surface area contributed by atoms with E-state index < -0.39 is 0 Å². The van der Waals surface area contributed by atoms with Crippen LogP contribution in [0.2, 0.25) is 0 Å². The first-order chi connectivity index (χ1) is 14.8. The summed E-state index contributed by atoms with van der Waals surface area (Å²) < 4.78 is 14.3. The smallest absolute Gasteiger partial charge is 0.333 e. The molecule has 180 valence electrons. The van der Waals surface area contributed by atoms with Crippen LogP contribution in [0.15, 0.2) is 37.5 Å². The summed E-state index contributed by atoms with van der Waals surface area (Å²) in [4.78, 5) is 31.6. The van der Waals surface area contributed by atoms with Crippen molar-refractivity contribution >= 4 is 17.9 Å². The highest BCUT2D eigenvalue weighted by atomic mass is 16.5. The molecule has 0 saturated carbocycles. The van der Waals surface area contributed by atoms with Crippen molar-refractivity contribution in [2.24, 2.45) is 0 Å². The number of hydrogen-bond acceptors (Lipinski definition) is 6. The van der Waals surface area contributed by atoms with Crippen molar-refractivity contribution in [3.63, 3.8) is 0 Å². The molecule has 6 nitrogen and oxygen atoms in total. The summed E-state index contributed by atoms with van der Waals surface area (Å²) in [5.74, 6) is -0.925. The van der Waals surface area contributed by atoms with Gasteiger partial charge in [0.2, 0.25) is 0 Å². The van der Waals surface area contributed by atoms with Crippen molar-refractivity contribution < 1.29 is 28.6 Å². The normalized spacial score (nSPS) is 9.03. The molecule has 0 aliphatic carbocycles. The highest BCUT2D eigenvalue weighted by Crippen LogP contribution is 1.99. The van der Waals surface area contributed by atoms with E-state index in [1.165, 1.54) is 25.0 Å². The largest absolute Gasteiger partial charge is 0.463 e. The Bertz CT molecular complexity index is 494. The first-order valence-corrected chi connectivity index (χ1v) is 11.2. The average Bonchev–Trinajstić information content (AvgIpc) is 2.77. The number of carbonyl (C=O) groups excluding carboxylic acids is 3. The topological polar surface area (TPSA) is 78.9 Å². The Morgan fingerprint density at radius 1 is 0.645 bits per heavy atom. The van der Waals surface area contributed by atoms with E-state index in [0.717, 1.165) is 44.9 Å². The SMILES string of the molecule is C=C(C)C(=O)OCCCCC.C=CC(=O)OCCCC.C=CC(=O)OCCCCCC. The molecule has 0 aliphatic heterocycles. The molecule has 31 heavy (non-hydrogen) atoms. The monoisotopic (exact) mass is 440 g/mol. The minimum atomic E-state index is -0.330. The minimum Gasteiger partial charge on any atom is -0.463 e. The fourth-order valence-corrected chi connectivity index (χ4v) is 1.78. The molecule has 0 radical (unpaired) electrons. The summed E-state index contributed by atoms with van der Waals surface area (Å²) in [5.41, 5.74) is 0.474. The number of ether oxygens (including phenoxy) is 3. The molecule has 0 heterocycles. The number of rotatable bonds is 15. The van der Waals surface area contributed by atoms with Gasteiger partial charge in [-0.3, -0.25) is 0 Å². The van der Waals surface area contributed by atoms with Crippen LogP contribution in [-0.2, 0) is 28.6 Å². The van der Waals surface area contributed by atoms with E-state index in [-0.39, 0.29) is 17.9 Å². The molecule has 0 fully saturated rings. The molecule has 0 aromatic carbocycles. The van der Waals surface area contributed by atoms with Crippen LogP contribution in [0.1, 0.15) is 85.5 Å². The van der Waals surface area contributed by atoms with Gasteiger partial charge in [-0.15, -0.1) is 0 Å². The van der Waals surface area contributed by atoms with Gasteiger partial charge in [-0.2, -0.15) is 0 Å². The van der Waals surface area contributed by atoms with E-state index in [9.17, 15) is 14.4 Å². The first-order valence-electron chi connectivity index (χ1n) is 11.2. The maximum Gasteiger partial charge on any atom is 0.333 e. The predicted octanol–water partition coefficient (Wildman–Crippen LogP) is 6.11. The molecular formula is C25H44O6. The van der Waals surface area contributed by atoms with Crippen molar-refractivity contribution in [1.29, 1.82) is 0 Å². The van der Waals surface area contributed by atoms with E-state index in [1.807, 2.05) is 6.92 Å². The molecule has 0 saturated heterocycles. The van der Waals surface area contributed by atoms with Gasteiger partial charge in [-0.1, -0.05) is 79.0 Å². The van der Waals surface area contributed by atoms with Crippen molar-refractivity contribution in [3.8, 4) is 0 Å². The lowest BCUT2D eigenvalue weighted by atomic mass is 10.2. The molecule has 0 aromatic heterocycles. The molecule has 6 heteroatoms. The van der Waals surface area contributed by atoms with Crippen molar-refractivity contribution in [2.45, 2.75) is 85.5 Å². The number of unbranched alkanes of at least 4 members (excludes halogenated alkanes) is 6. The number of hydrogen-bond donors (Lipinski definition) is 0. The minimum absolute atomic E-state index is 0.277. The second kappa shape index (κ2) is 27.6. The van der Waals surface area contributed by atoms with Gasteiger partial charge in [-0.25, -0.2) is 14.4 Å². The van der Waals surface area contributed by atoms with Crippen LogP contribution >= 0.6 is 0 Å². The van der Waals surface area contributed by atoms with Crippen molar-refractivity contribution in [3.05, 3.63) is 37.5 Å². The van der Waals surface area contributed by atoms with E-state index >= 15 is 0 Å². The number of esters is 3. The second-order valence-corrected chi connectivity index (χ2v) is 6.78. The molecule has 0 unspecified atom stereocenters. The van der Waals surface area contributed by atoms with Crippen molar-refractivity contribution in [2.75, 3.05) is 19.8 Å². The quantitative estimate of drug-likeness (QED) is 0.132. The van der Waals surface area contributed by atoms with Gasteiger partial charge in [0.15, 0.2) is 0 Å². The van der Waals surface area contributed by atoms with Gasteiger partial charge in [0.05, 0.1) is 19.8 Å². The Morgan fingerprint density at radius 2 is 1.03 bits per heavy atom. The van der Waals surface area contributed by atoms with E-state index in [1.54, 1.807) is 6.92 Å². The summed E-state index contributed by atoms with van der Waals surface area (Å²) in [5, 5.41) is 0. The standard InChI is InChI=1S/2C9H16O2.C7H12O2/c1-4-5-6-7-11-9(10)8(2)3;1-3-5-6-7-8-11-9(10)4-2;1-3-5-6-9-7(8)4-2/h2,4-7H2,1,3H3;4H,2-3,5-8H2,1H3;4H,2-3,5-6H2,1H3. The third-order valence-electron chi connectivity index (χ3n) is 3.65. The van der Waals surface area contributed by atoms with Crippen LogP contribution in [0, 0.1) is 0 Å². The molecule has 0 aromatic rings. The van der Waals surface area contributed by atoms with Crippen molar-refractivity contribution in [1.82, 2.24) is 0 Å². The Kier molecular flexibility index (Phi) is 29.7. The summed E-state index contributed by atoms with van der Waals surface area (Å²) >= 11 is 0. The highest BCUT2D eigenvalue weighted by Gasteiger charge is 2.00. The van der Waals surface area contributed by atoms with Crippen LogP contribution < -0.4 is 0 Å². The van der Waals surface area contributed by atoms with Gasteiger partial charge < -0.3 is 14.2 Å². The van der Waals surface area contributed by atoms with E-state index in [0.29, 0.717) is 25.4 Å². The summed E-state index contributed by atoms with van der Waals surface area (Å²) in [6, 6.07) is 0. The molecule has 0 N–H and O–H groups in total. The molecule has 0 spiro atoms. The summed E-state index contributed by atoms with van der Waals surface area (Å²) in [7, 11) is 0. The fourth-order valence-electron chi connectivity index (χ4n) is 1.78. The lowest BCUT2D eigenvalue weighted by Gasteiger charge is -2.02. The maximum absolute atomic E-state index is 10.8. The third kappa shape index (κ3) is 32.5. The lowest BCUT2D eigenvalue weighted by molar-refractivity contribution is -0.139. The van der Waals surface area contributed by atoms with Crippen LogP contribution in [-0.4, -0.2) is 37.7 Å². The van der Waals surface area contributed by atoms with Crippen LogP contribution in [0.5, 0.6) is 0 Å². The van der Waals surface area contributed by atoms with Crippen LogP contribution in [0.4, 0.5) is 0 Å². The first kappa shape index (κ1) is 33.3. The third-order valence-corrected chi connectivity index (χ3v) is 3.65. The zero-order chi connectivity index (χ0) is 24.3. The zero-order valence-corrected chi connectivity index (χ0v) is 20.2. The van der Waals surface area contributed by atoms with Crippen LogP contribution in [0.3, 0.4) is 0 Å². The van der Waals surface area contributed by atoms with Gasteiger partial charge in [0.1, 0.15) is 0 Å². The molecule has 0 atom stereocenters. The van der Waals surface area contributed by atoms with Crippen LogP contribution in [0.25, 0.3) is 0 Å². The van der Waals surface area contributed by atoms with Gasteiger partial charge in [0, 0.05) is 17.7 Å². The predicted molar refractivity (Wildman–Crippen MR) is 127 cm³/mol. The fraction of sp³-hybridized carbons (Fsp3) is 0.640.